The van der Waals surface area contributed by atoms with Crippen LogP contribution in [0, 0.1) is 5.82 Å². The quantitative estimate of drug-likeness (QED) is 0.863. The van der Waals surface area contributed by atoms with Crippen LogP contribution in [0.2, 0.25) is 0 Å². The van der Waals surface area contributed by atoms with Gasteiger partial charge in [-0.05, 0) is 22.0 Å². The van der Waals surface area contributed by atoms with Gasteiger partial charge < -0.3 is 14.8 Å². The molecule has 0 saturated heterocycles. The van der Waals surface area contributed by atoms with Crippen LogP contribution in [0.3, 0.4) is 0 Å². The Labute approximate surface area is 117 Å². The number of ether oxygens (including phenoxy) is 2. The van der Waals surface area contributed by atoms with Crippen molar-refractivity contribution in [3.63, 3.8) is 0 Å². The highest BCUT2D eigenvalue weighted by Gasteiger charge is 2.29. The zero-order valence-electron chi connectivity index (χ0n) is 10.0. The first-order valence-electron chi connectivity index (χ1n) is 5.54. The van der Waals surface area contributed by atoms with E-state index in [9.17, 15) is 14.0 Å². The molecule has 0 fully saturated rings. The third-order valence-corrected chi connectivity index (χ3v) is 3.29. The van der Waals surface area contributed by atoms with Crippen LogP contribution in [0.1, 0.15) is 12.8 Å². The number of hydrogen-bond acceptors (Lipinski definition) is 4. The molecule has 0 unspecified atom stereocenters. The molecule has 1 atom stereocenters. The molecule has 0 radical (unpaired) electrons. The maximum Gasteiger partial charge on any atom is 0.305 e. The Morgan fingerprint density at radius 3 is 3.00 bits per heavy atom. The van der Waals surface area contributed by atoms with Gasteiger partial charge in [0, 0.05) is 18.9 Å². The first-order chi connectivity index (χ1) is 9.01. The minimum atomic E-state index is -0.827. The Morgan fingerprint density at radius 1 is 1.58 bits per heavy atom. The molecular weight excluding hydrogens is 321 g/mol. The van der Waals surface area contributed by atoms with Crippen LogP contribution >= 0.6 is 15.9 Å². The number of amides is 1. The molecule has 0 spiro atoms. The smallest absolute Gasteiger partial charge is 0.305 e. The van der Waals surface area contributed by atoms with Crippen LogP contribution in [-0.2, 0) is 14.3 Å². The van der Waals surface area contributed by atoms with Gasteiger partial charge in [0.05, 0.1) is 17.3 Å². The van der Waals surface area contributed by atoms with Crippen molar-refractivity contribution in [3.05, 3.63) is 22.4 Å². The Bertz CT molecular complexity index is 535. The summed E-state index contributed by atoms with van der Waals surface area (Å²) in [5, 5.41) is 2.61. The second kappa shape index (κ2) is 5.56. The Hall–Kier alpha value is -1.63. The van der Waals surface area contributed by atoms with Gasteiger partial charge in [0.2, 0.25) is 0 Å². The lowest BCUT2D eigenvalue weighted by Gasteiger charge is -2.25. The molecule has 0 saturated carbocycles. The van der Waals surface area contributed by atoms with Crippen molar-refractivity contribution in [1.29, 1.82) is 0 Å². The lowest BCUT2D eigenvalue weighted by atomic mass is 10.1. The van der Waals surface area contributed by atoms with E-state index in [1.165, 1.54) is 19.2 Å². The maximum atomic E-state index is 13.4. The molecule has 1 aliphatic rings. The molecule has 1 aliphatic heterocycles. The third-order valence-electron chi connectivity index (χ3n) is 2.68. The van der Waals surface area contributed by atoms with Gasteiger partial charge in [-0.2, -0.15) is 0 Å². The number of nitrogens with one attached hydrogen (secondary N) is 1. The number of methoxy groups -OCH3 is 1. The van der Waals surface area contributed by atoms with Crippen LogP contribution in [-0.4, -0.2) is 25.1 Å². The van der Waals surface area contributed by atoms with E-state index in [0.717, 1.165) is 0 Å². The third kappa shape index (κ3) is 3.04. The number of benzene rings is 1. The number of hydrogen-bond donors (Lipinski definition) is 1. The molecule has 1 N–H and O–H groups in total. The second-order valence-electron chi connectivity index (χ2n) is 3.97. The van der Waals surface area contributed by atoms with E-state index in [0.29, 0.717) is 5.69 Å². The van der Waals surface area contributed by atoms with Crippen LogP contribution in [0.4, 0.5) is 10.1 Å². The minimum Gasteiger partial charge on any atom is -0.478 e. The highest BCUT2D eigenvalue weighted by molar-refractivity contribution is 9.10. The molecule has 1 aromatic rings. The SMILES string of the molecule is COC(=O)CC[C@H]1Oc2cc(F)c(Br)cc2NC1=O. The first kappa shape index (κ1) is 13.8. The molecule has 102 valence electrons. The maximum absolute atomic E-state index is 13.4. The normalized spacial score (nSPS) is 17.2. The number of fused-ring (bicyclic) bond motifs is 1. The van der Waals surface area contributed by atoms with Gasteiger partial charge in [-0.25, -0.2) is 4.39 Å². The summed E-state index contributed by atoms with van der Waals surface area (Å²) in [5.74, 6) is -1.03. The van der Waals surface area contributed by atoms with E-state index in [1.54, 1.807) is 0 Å². The summed E-state index contributed by atoms with van der Waals surface area (Å²) in [5.41, 5.74) is 0.396. The fraction of sp³-hybridized carbons (Fsp3) is 0.333. The summed E-state index contributed by atoms with van der Waals surface area (Å²) < 4.78 is 23.5. The van der Waals surface area contributed by atoms with Crippen molar-refractivity contribution in [2.45, 2.75) is 18.9 Å². The van der Waals surface area contributed by atoms with E-state index in [1.807, 2.05) is 0 Å². The predicted molar refractivity (Wildman–Crippen MR) is 68.4 cm³/mol. The zero-order chi connectivity index (χ0) is 14.0. The van der Waals surface area contributed by atoms with E-state index in [2.05, 4.69) is 26.0 Å². The fourth-order valence-electron chi connectivity index (χ4n) is 1.68. The van der Waals surface area contributed by atoms with Crippen LogP contribution in [0.15, 0.2) is 16.6 Å². The van der Waals surface area contributed by atoms with Crippen molar-refractivity contribution in [3.8, 4) is 5.75 Å². The lowest BCUT2D eigenvalue weighted by Crippen LogP contribution is -2.37. The average Bonchev–Trinajstić information content (AvgIpc) is 2.38. The minimum absolute atomic E-state index is 0.0585. The van der Waals surface area contributed by atoms with Gasteiger partial charge in [-0.15, -0.1) is 0 Å². The van der Waals surface area contributed by atoms with Gasteiger partial charge >= 0.3 is 5.97 Å². The number of halogens is 2. The summed E-state index contributed by atoms with van der Waals surface area (Å²) in [6.45, 7) is 0. The van der Waals surface area contributed by atoms with E-state index < -0.39 is 17.9 Å². The van der Waals surface area contributed by atoms with Gasteiger partial charge in [-0.1, -0.05) is 0 Å². The number of esters is 1. The van der Waals surface area contributed by atoms with Crippen molar-refractivity contribution >= 4 is 33.5 Å². The highest BCUT2D eigenvalue weighted by Crippen LogP contribution is 2.34. The van der Waals surface area contributed by atoms with E-state index >= 15 is 0 Å². The highest BCUT2D eigenvalue weighted by atomic mass is 79.9. The van der Waals surface area contributed by atoms with Crippen LogP contribution in [0.5, 0.6) is 5.75 Å². The Kier molecular flexibility index (Phi) is 4.04. The fourth-order valence-corrected chi connectivity index (χ4v) is 2.03. The molecule has 7 heteroatoms. The summed E-state index contributed by atoms with van der Waals surface area (Å²) in [4.78, 5) is 22.8. The number of carbonyl (C=O) groups is 2. The van der Waals surface area contributed by atoms with E-state index in [4.69, 9.17) is 4.74 Å². The molecular formula is C12H11BrFNO4. The topological polar surface area (TPSA) is 64.6 Å². The molecule has 1 amide bonds. The molecule has 1 aromatic carbocycles. The largest absolute Gasteiger partial charge is 0.478 e. The van der Waals surface area contributed by atoms with Gasteiger partial charge in [0.15, 0.2) is 6.10 Å². The lowest BCUT2D eigenvalue weighted by molar-refractivity contribution is -0.141. The average molecular weight is 332 g/mol. The number of anilines is 1. The summed E-state index contributed by atoms with van der Waals surface area (Å²) in [6.07, 6.45) is -0.592. The number of rotatable bonds is 3. The molecule has 1 heterocycles. The summed E-state index contributed by atoms with van der Waals surface area (Å²) in [7, 11) is 1.27. The zero-order valence-corrected chi connectivity index (χ0v) is 11.6. The van der Waals surface area contributed by atoms with Crippen LogP contribution in [0.25, 0.3) is 0 Å². The standard InChI is InChI=1S/C12H11BrFNO4/c1-18-11(16)3-2-9-12(17)15-8-4-6(13)7(14)5-10(8)19-9/h4-5,9H,2-3H2,1H3,(H,15,17)/t9-/m1/s1. The Morgan fingerprint density at radius 2 is 2.32 bits per heavy atom. The Balaban J connectivity index is 2.12. The molecule has 0 aromatic heterocycles. The summed E-state index contributed by atoms with van der Waals surface area (Å²) >= 11 is 3.03. The van der Waals surface area contributed by atoms with Crippen molar-refractivity contribution in [2.24, 2.45) is 0 Å². The molecule has 0 aliphatic carbocycles. The first-order valence-corrected chi connectivity index (χ1v) is 6.34. The van der Waals surface area contributed by atoms with Crippen LogP contribution < -0.4 is 10.1 Å². The molecule has 2 rings (SSSR count). The predicted octanol–water partition coefficient (Wildman–Crippen LogP) is 2.24. The number of carbonyl (C=O) groups excluding carboxylic acids is 2. The van der Waals surface area contributed by atoms with E-state index in [-0.39, 0.29) is 29.0 Å². The van der Waals surface area contributed by atoms with Gasteiger partial charge in [0.1, 0.15) is 11.6 Å². The summed E-state index contributed by atoms with van der Waals surface area (Å²) in [6, 6.07) is 2.61. The van der Waals surface area contributed by atoms with Crippen molar-refractivity contribution in [1.82, 2.24) is 0 Å². The van der Waals surface area contributed by atoms with Crippen molar-refractivity contribution in [2.75, 3.05) is 12.4 Å². The molecule has 0 bridgehead atoms. The van der Waals surface area contributed by atoms with Gasteiger partial charge in [-0.3, -0.25) is 9.59 Å². The molecule has 19 heavy (non-hydrogen) atoms. The van der Waals surface area contributed by atoms with Gasteiger partial charge in [0.25, 0.3) is 5.91 Å². The second-order valence-corrected chi connectivity index (χ2v) is 4.83. The monoisotopic (exact) mass is 331 g/mol. The van der Waals surface area contributed by atoms with Crippen molar-refractivity contribution < 1.29 is 23.5 Å². The molecule has 5 nitrogen and oxygen atoms in total.